The summed E-state index contributed by atoms with van der Waals surface area (Å²) in [4.78, 5) is 10.9. The molecule has 0 spiro atoms. The zero-order valence-corrected chi connectivity index (χ0v) is 11.2. The quantitative estimate of drug-likeness (QED) is 0.817. The molecule has 0 aliphatic carbocycles. The van der Waals surface area contributed by atoms with E-state index in [1.165, 1.54) is 13.2 Å². The van der Waals surface area contributed by atoms with Crippen molar-refractivity contribution >= 4 is 5.97 Å². The number of carbonyl (C=O) groups excluding carboxylic acids is 1. The third-order valence-corrected chi connectivity index (χ3v) is 2.52. The van der Waals surface area contributed by atoms with Crippen LogP contribution in [0.3, 0.4) is 0 Å². The van der Waals surface area contributed by atoms with E-state index < -0.39 is 17.7 Å². The van der Waals surface area contributed by atoms with E-state index in [2.05, 4.69) is 10.1 Å². The Hall–Kier alpha value is -1.76. The first-order valence-electron chi connectivity index (χ1n) is 5.92. The number of alkyl halides is 3. The van der Waals surface area contributed by atoms with Crippen molar-refractivity contribution < 1.29 is 27.4 Å². The third-order valence-electron chi connectivity index (χ3n) is 2.52. The Morgan fingerprint density at radius 3 is 2.60 bits per heavy atom. The molecule has 0 heterocycles. The molecule has 1 rings (SSSR count). The lowest BCUT2D eigenvalue weighted by molar-refractivity contribution is -0.141. The fourth-order valence-electron chi connectivity index (χ4n) is 1.58. The maximum atomic E-state index is 12.9. The average Bonchev–Trinajstić information content (AvgIpc) is 2.39. The largest absolute Gasteiger partial charge is 0.492 e. The van der Waals surface area contributed by atoms with E-state index in [0.29, 0.717) is 12.1 Å². The Morgan fingerprint density at radius 1 is 1.35 bits per heavy atom. The Bertz CT molecular complexity index is 461. The fourth-order valence-corrected chi connectivity index (χ4v) is 1.58. The van der Waals surface area contributed by atoms with Gasteiger partial charge in [-0.25, -0.2) is 0 Å². The minimum atomic E-state index is -4.51. The van der Waals surface area contributed by atoms with Gasteiger partial charge in [-0.3, -0.25) is 4.79 Å². The van der Waals surface area contributed by atoms with Gasteiger partial charge < -0.3 is 14.8 Å². The van der Waals surface area contributed by atoms with E-state index in [1.54, 1.807) is 13.1 Å². The first kappa shape index (κ1) is 16.3. The van der Waals surface area contributed by atoms with Crippen LogP contribution < -0.4 is 10.1 Å². The predicted molar refractivity (Wildman–Crippen MR) is 66.3 cm³/mol. The van der Waals surface area contributed by atoms with Gasteiger partial charge >= 0.3 is 12.1 Å². The second-order valence-electron chi connectivity index (χ2n) is 4.03. The smallest absolute Gasteiger partial charge is 0.419 e. The number of halogens is 3. The fraction of sp³-hybridized carbons (Fsp3) is 0.462. The van der Waals surface area contributed by atoms with E-state index in [-0.39, 0.29) is 18.8 Å². The van der Waals surface area contributed by atoms with Crippen LogP contribution in [0.25, 0.3) is 0 Å². The normalized spacial score (nSPS) is 11.2. The molecule has 1 aromatic rings. The standard InChI is InChI=1S/C13H16F3NO3/c1-17-8-9-3-4-11(10(7-9)13(14,15)16)20-6-5-12(18)19-2/h3-4,7,17H,5-6,8H2,1-2H3. The zero-order chi connectivity index (χ0) is 15.2. The molecule has 0 bridgehead atoms. The topological polar surface area (TPSA) is 47.6 Å². The Balaban J connectivity index is 2.86. The monoisotopic (exact) mass is 291 g/mol. The molecule has 0 saturated heterocycles. The zero-order valence-electron chi connectivity index (χ0n) is 11.2. The van der Waals surface area contributed by atoms with Crippen molar-refractivity contribution in [1.29, 1.82) is 0 Å². The van der Waals surface area contributed by atoms with Crippen LogP contribution in [0.1, 0.15) is 17.5 Å². The molecule has 0 atom stereocenters. The first-order chi connectivity index (χ1) is 9.38. The summed E-state index contributed by atoms with van der Waals surface area (Å²) in [6, 6.07) is 3.83. The molecule has 4 nitrogen and oxygen atoms in total. The molecule has 112 valence electrons. The summed E-state index contributed by atoms with van der Waals surface area (Å²) >= 11 is 0. The molecule has 20 heavy (non-hydrogen) atoms. The van der Waals surface area contributed by atoms with Crippen LogP contribution in [0.2, 0.25) is 0 Å². The van der Waals surface area contributed by atoms with Gasteiger partial charge in [0.05, 0.1) is 25.7 Å². The lowest BCUT2D eigenvalue weighted by Crippen LogP contribution is -2.13. The molecule has 0 saturated carbocycles. The number of esters is 1. The number of rotatable bonds is 6. The molecular weight excluding hydrogens is 275 g/mol. The summed E-state index contributed by atoms with van der Waals surface area (Å²) in [6.45, 7) is 0.159. The highest BCUT2D eigenvalue weighted by Crippen LogP contribution is 2.36. The summed E-state index contributed by atoms with van der Waals surface area (Å²) in [5.41, 5.74) is -0.352. The van der Waals surface area contributed by atoms with Crippen molar-refractivity contribution in [2.75, 3.05) is 20.8 Å². The van der Waals surface area contributed by atoms with Gasteiger partial charge in [-0.05, 0) is 24.7 Å². The van der Waals surface area contributed by atoms with E-state index in [1.807, 2.05) is 0 Å². The summed E-state index contributed by atoms with van der Waals surface area (Å²) in [5, 5.41) is 2.78. The number of ether oxygens (including phenoxy) is 2. The predicted octanol–water partition coefficient (Wildman–Crippen LogP) is 2.37. The lowest BCUT2D eigenvalue weighted by Gasteiger charge is -2.15. The van der Waals surface area contributed by atoms with Gasteiger partial charge in [0.15, 0.2) is 0 Å². The average molecular weight is 291 g/mol. The number of benzene rings is 1. The van der Waals surface area contributed by atoms with Crippen molar-refractivity contribution in [3.05, 3.63) is 29.3 Å². The van der Waals surface area contributed by atoms with Gasteiger partial charge in [0.2, 0.25) is 0 Å². The van der Waals surface area contributed by atoms with Crippen LogP contribution in [-0.2, 0) is 22.3 Å². The van der Waals surface area contributed by atoms with Gasteiger partial charge in [0.1, 0.15) is 5.75 Å². The van der Waals surface area contributed by atoms with Crippen LogP contribution in [0.5, 0.6) is 5.75 Å². The number of hydrogen-bond acceptors (Lipinski definition) is 4. The molecular formula is C13H16F3NO3. The summed E-state index contributed by atoms with van der Waals surface area (Å²) in [6.07, 6.45) is -4.61. The highest BCUT2D eigenvalue weighted by Gasteiger charge is 2.34. The Labute approximate surface area is 114 Å². The van der Waals surface area contributed by atoms with Crippen LogP contribution in [0.15, 0.2) is 18.2 Å². The van der Waals surface area contributed by atoms with Crippen LogP contribution in [0, 0.1) is 0 Å². The Morgan fingerprint density at radius 2 is 2.05 bits per heavy atom. The molecule has 0 aliphatic rings. The molecule has 0 amide bonds. The molecule has 0 radical (unpaired) electrons. The molecule has 0 fully saturated rings. The van der Waals surface area contributed by atoms with Crippen LogP contribution in [-0.4, -0.2) is 26.7 Å². The Kier molecular flexibility index (Phi) is 5.82. The minimum absolute atomic E-state index is 0.105. The van der Waals surface area contributed by atoms with Gasteiger partial charge in [-0.1, -0.05) is 6.07 Å². The lowest BCUT2D eigenvalue weighted by atomic mass is 10.1. The summed E-state index contributed by atoms with van der Waals surface area (Å²) in [5.74, 6) is -0.827. The molecule has 0 aromatic heterocycles. The third kappa shape index (κ3) is 4.73. The van der Waals surface area contributed by atoms with E-state index in [0.717, 1.165) is 6.07 Å². The second kappa shape index (κ2) is 7.14. The second-order valence-corrected chi connectivity index (χ2v) is 4.03. The SMILES string of the molecule is CNCc1ccc(OCCC(=O)OC)c(C(F)(F)F)c1. The van der Waals surface area contributed by atoms with Crippen molar-refractivity contribution in [1.82, 2.24) is 5.32 Å². The van der Waals surface area contributed by atoms with E-state index >= 15 is 0 Å². The van der Waals surface area contributed by atoms with E-state index in [9.17, 15) is 18.0 Å². The molecule has 0 aliphatic heterocycles. The highest BCUT2D eigenvalue weighted by molar-refractivity contribution is 5.69. The van der Waals surface area contributed by atoms with Gasteiger partial charge in [-0.15, -0.1) is 0 Å². The number of carbonyl (C=O) groups is 1. The highest BCUT2D eigenvalue weighted by atomic mass is 19.4. The number of methoxy groups -OCH3 is 1. The van der Waals surface area contributed by atoms with Crippen molar-refractivity contribution in [3.63, 3.8) is 0 Å². The summed E-state index contributed by atoms with van der Waals surface area (Å²) < 4.78 is 48.2. The molecule has 1 N–H and O–H groups in total. The maximum absolute atomic E-state index is 12.9. The van der Waals surface area contributed by atoms with Crippen LogP contribution >= 0.6 is 0 Å². The van der Waals surface area contributed by atoms with Gasteiger partial charge in [-0.2, -0.15) is 13.2 Å². The first-order valence-corrected chi connectivity index (χ1v) is 5.92. The summed E-state index contributed by atoms with van der Waals surface area (Å²) in [7, 11) is 2.85. The van der Waals surface area contributed by atoms with Gasteiger partial charge in [0, 0.05) is 6.54 Å². The van der Waals surface area contributed by atoms with E-state index in [4.69, 9.17) is 4.74 Å². The number of nitrogens with one attached hydrogen (secondary N) is 1. The van der Waals surface area contributed by atoms with Gasteiger partial charge in [0.25, 0.3) is 0 Å². The molecule has 0 unspecified atom stereocenters. The van der Waals surface area contributed by atoms with Crippen molar-refractivity contribution in [2.45, 2.75) is 19.1 Å². The van der Waals surface area contributed by atoms with Crippen LogP contribution in [0.4, 0.5) is 13.2 Å². The van der Waals surface area contributed by atoms with Crippen molar-refractivity contribution in [3.8, 4) is 5.75 Å². The molecule has 1 aromatic carbocycles. The maximum Gasteiger partial charge on any atom is 0.419 e. The minimum Gasteiger partial charge on any atom is -0.492 e. The number of hydrogen-bond donors (Lipinski definition) is 1. The van der Waals surface area contributed by atoms with Crippen molar-refractivity contribution in [2.24, 2.45) is 0 Å². The molecule has 7 heteroatoms.